The van der Waals surface area contributed by atoms with E-state index < -0.39 is 12.0 Å². The summed E-state index contributed by atoms with van der Waals surface area (Å²) in [5, 5.41) is 14.7. The lowest BCUT2D eigenvalue weighted by Crippen LogP contribution is -2.32. The maximum atomic E-state index is 10.6. The van der Waals surface area contributed by atoms with Crippen LogP contribution >= 0.6 is 15.9 Å². The Bertz CT molecular complexity index is 346. The van der Waals surface area contributed by atoms with Crippen molar-refractivity contribution in [2.45, 2.75) is 26.8 Å². The number of carbonyl (C=O) groups excluding carboxylic acids is 1. The molecule has 4 nitrogen and oxygen atoms in total. The first-order chi connectivity index (χ1) is 5.95. The second-order valence-electron chi connectivity index (χ2n) is 2.92. The van der Waals surface area contributed by atoms with Gasteiger partial charge in [-0.05, 0) is 36.7 Å². The van der Waals surface area contributed by atoms with Crippen LogP contribution in [0.2, 0.25) is 0 Å². The molecule has 0 aliphatic heterocycles. The van der Waals surface area contributed by atoms with Crippen LogP contribution in [0.15, 0.2) is 4.47 Å². The minimum absolute atomic E-state index is 0.731. The predicted molar refractivity (Wildman–Crippen MR) is 49.1 cm³/mol. The van der Waals surface area contributed by atoms with Gasteiger partial charge in [0, 0.05) is 0 Å². The monoisotopic (exact) mass is 245 g/mol. The first kappa shape index (κ1) is 10.2. The largest absolute Gasteiger partial charge is 0.548 e. The van der Waals surface area contributed by atoms with Crippen molar-refractivity contribution in [2.24, 2.45) is 0 Å². The van der Waals surface area contributed by atoms with Crippen LogP contribution in [0, 0.1) is 13.8 Å². The summed E-state index contributed by atoms with van der Waals surface area (Å²) in [6.07, 6.45) is 0. The zero-order valence-electron chi connectivity index (χ0n) is 7.67. The van der Waals surface area contributed by atoms with E-state index in [1.165, 1.54) is 4.68 Å². The number of carboxylic acid groups (broad SMARTS) is 1. The molecule has 1 aromatic rings. The average molecular weight is 246 g/mol. The fourth-order valence-electron chi connectivity index (χ4n) is 1.12. The summed E-state index contributed by atoms with van der Waals surface area (Å²) >= 11 is 3.32. The van der Waals surface area contributed by atoms with Gasteiger partial charge in [0.25, 0.3) is 0 Å². The molecule has 1 atom stereocenters. The normalized spacial score (nSPS) is 12.9. The Morgan fingerprint density at radius 1 is 1.62 bits per heavy atom. The summed E-state index contributed by atoms with van der Waals surface area (Å²) in [5.74, 6) is -1.13. The molecule has 1 rings (SSSR count). The highest BCUT2D eigenvalue weighted by molar-refractivity contribution is 9.10. The van der Waals surface area contributed by atoms with E-state index in [0.29, 0.717) is 0 Å². The number of halogens is 1. The van der Waals surface area contributed by atoms with Crippen LogP contribution < -0.4 is 5.11 Å². The molecular formula is C8H10BrN2O2-. The van der Waals surface area contributed by atoms with Gasteiger partial charge < -0.3 is 9.90 Å². The molecule has 72 valence electrons. The molecule has 0 radical (unpaired) electrons. The van der Waals surface area contributed by atoms with Gasteiger partial charge in [-0.25, -0.2) is 0 Å². The molecule has 5 heteroatoms. The SMILES string of the molecule is Cc1nn([C@H](C)C(=O)[O-])c(C)c1Br. The fraction of sp³-hybridized carbons (Fsp3) is 0.500. The van der Waals surface area contributed by atoms with E-state index in [1.54, 1.807) is 6.92 Å². The van der Waals surface area contributed by atoms with E-state index in [9.17, 15) is 9.90 Å². The van der Waals surface area contributed by atoms with E-state index in [-0.39, 0.29) is 0 Å². The third-order valence-corrected chi connectivity index (χ3v) is 3.09. The van der Waals surface area contributed by atoms with Crippen molar-refractivity contribution in [3.05, 3.63) is 15.9 Å². The van der Waals surface area contributed by atoms with E-state index in [0.717, 1.165) is 15.9 Å². The maximum absolute atomic E-state index is 10.6. The number of carbonyl (C=O) groups is 1. The summed E-state index contributed by atoms with van der Waals surface area (Å²) in [4.78, 5) is 10.6. The molecule has 0 amide bonds. The van der Waals surface area contributed by atoms with E-state index in [4.69, 9.17) is 0 Å². The van der Waals surface area contributed by atoms with Crippen molar-refractivity contribution >= 4 is 21.9 Å². The highest BCUT2D eigenvalue weighted by Gasteiger charge is 2.14. The zero-order valence-corrected chi connectivity index (χ0v) is 9.25. The topological polar surface area (TPSA) is 58.0 Å². The lowest BCUT2D eigenvalue weighted by atomic mass is 10.3. The molecule has 0 saturated heterocycles. The molecule has 0 unspecified atom stereocenters. The smallest absolute Gasteiger partial charge is 0.0888 e. The lowest BCUT2D eigenvalue weighted by molar-refractivity contribution is -0.310. The molecule has 1 aromatic heterocycles. The molecular weight excluding hydrogens is 236 g/mol. The van der Waals surface area contributed by atoms with Crippen LogP contribution in [0.25, 0.3) is 0 Å². The van der Waals surface area contributed by atoms with Gasteiger partial charge in [-0.2, -0.15) is 5.10 Å². The molecule has 0 aliphatic carbocycles. The number of aromatic nitrogens is 2. The van der Waals surface area contributed by atoms with Crippen LogP contribution in [0.1, 0.15) is 24.4 Å². The summed E-state index contributed by atoms with van der Waals surface area (Å²) in [6, 6.07) is -0.731. The van der Waals surface area contributed by atoms with Gasteiger partial charge in [-0.15, -0.1) is 0 Å². The third-order valence-electron chi connectivity index (χ3n) is 1.94. The Balaban J connectivity index is 3.15. The highest BCUT2D eigenvalue weighted by atomic mass is 79.9. The molecule has 0 N–H and O–H groups in total. The summed E-state index contributed by atoms with van der Waals surface area (Å²) in [7, 11) is 0. The van der Waals surface area contributed by atoms with Crippen LogP contribution in [-0.4, -0.2) is 15.7 Å². The van der Waals surface area contributed by atoms with Crippen LogP contribution in [0.5, 0.6) is 0 Å². The van der Waals surface area contributed by atoms with Gasteiger partial charge in [-0.3, -0.25) is 4.68 Å². The van der Waals surface area contributed by atoms with Crippen molar-refractivity contribution in [3.8, 4) is 0 Å². The molecule has 0 aromatic carbocycles. The van der Waals surface area contributed by atoms with Crippen molar-refractivity contribution < 1.29 is 9.90 Å². The van der Waals surface area contributed by atoms with Gasteiger partial charge >= 0.3 is 0 Å². The average Bonchev–Trinajstić information content (AvgIpc) is 2.31. The summed E-state index contributed by atoms with van der Waals surface area (Å²) in [5.41, 5.74) is 1.58. The van der Waals surface area contributed by atoms with Crippen molar-refractivity contribution in [3.63, 3.8) is 0 Å². The van der Waals surface area contributed by atoms with Crippen molar-refractivity contribution in [1.29, 1.82) is 0 Å². The maximum Gasteiger partial charge on any atom is 0.0888 e. The number of rotatable bonds is 2. The fourth-order valence-corrected chi connectivity index (χ4v) is 1.38. The second kappa shape index (κ2) is 3.49. The second-order valence-corrected chi connectivity index (χ2v) is 3.72. The molecule has 0 bridgehead atoms. The van der Waals surface area contributed by atoms with Crippen LogP contribution in [0.4, 0.5) is 0 Å². The Morgan fingerprint density at radius 3 is 2.46 bits per heavy atom. The zero-order chi connectivity index (χ0) is 10.2. The minimum Gasteiger partial charge on any atom is -0.548 e. The number of hydrogen-bond donors (Lipinski definition) is 0. The third kappa shape index (κ3) is 1.75. The number of nitrogens with zero attached hydrogens (tertiary/aromatic N) is 2. The Morgan fingerprint density at radius 2 is 2.15 bits per heavy atom. The minimum atomic E-state index is -1.13. The van der Waals surface area contributed by atoms with Gasteiger partial charge in [0.2, 0.25) is 0 Å². The van der Waals surface area contributed by atoms with Gasteiger partial charge in [0.05, 0.1) is 27.9 Å². The van der Waals surface area contributed by atoms with Gasteiger partial charge in [0.15, 0.2) is 0 Å². The number of carboxylic acids is 1. The highest BCUT2D eigenvalue weighted by Crippen LogP contribution is 2.22. The van der Waals surface area contributed by atoms with Gasteiger partial charge in [-0.1, -0.05) is 0 Å². The predicted octanol–water partition coefficient (Wildman–Crippen LogP) is 0.573. The van der Waals surface area contributed by atoms with Crippen molar-refractivity contribution in [2.75, 3.05) is 0 Å². The molecule has 0 spiro atoms. The summed E-state index contributed by atoms with van der Waals surface area (Å²) < 4.78 is 2.29. The first-order valence-electron chi connectivity index (χ1n) is 3.87. The molecule has 0 saturated carbocycles. The Kier molecular flexibility index (Phi) is 2.75. The van der Waals surface area contributed by atoms with E-state index in [2.05, 4.69) is 21.0 Å². The number of aliphatic carboxylic acids is 1. The van der Waals surface area contributed by atoms with E-state index >= 15 is 0 Å². The Hall–Kier alpha value is -0.840. The number of aryl methyl sites for hydroxylation is 1. The molecule has 0 aliphatic rings. The van der Waals surface area contributed by atoms with Crippen molar-refractivity contribution in [1.82, 2.24) is 9.78 Å². The summed E-state index contributed by atoms with van der Waals surface area (Å²) in [6.45, 7) is 5.17. The lowest BCUT2D eigenvalue weighted by Gasteiger charge is -2.14. The molecule has 1 heterocycles. The molecule has 0 fully saturated rings. The Labute approximate surface area is 84.7 Å². The van der Waals surface area contributed by atoms with Crippen LogP contribution in [0.3, 0.4) is 0 Å². The van der Waals surface area contributed by atoms with Crippen LogP contribution in [-0.2, 0) is 4.79 Å². The van der Waals surface area contributed by atoms with Gasteiger partial charge in [0.1, 0.15) is 0 Å². The molecule has 13 heavy (non-hydrogen) atoms. The standard InChI is InChI=1S/C8H11BrN2O2/c1-4-7(9)5(2)11(10-4)6(3)8(12)13/h6H,1-3H3,(H,12,13)/p-1/t6-/m1/s1. The first-order valence-corrected chi connectivity index (χ1v) is 4.66. The van der Waals surface area contributed by atoms with E-state index in [1.807, 2.05) is 13.8 Å². The number of hydrogen-bond acceptors (Lipinski definition) is 3. The quantitative estimate of drug-likeness (QED) is 0.766.